The molecule has 0 radical (unpaired) electrons. The Hall–Kier alpha value is -1.84. The first-order valence-corrected chi connectivity index (χ1v) is 6.05. The van der Waals surface area contributed by atoms with E-state index < -0.39 is 0 Å². The van der Waals surface area contributed by atoms with Crippen LogP contribution in [-0.2, 0) is 0 Å². The molecule has 1 aliphatic rings. The van der Waals surface area contributed by atoms with Crippen molar-refractivity contribution in [3.8, 4) is 5.69 Å². The Morgan fingerprint density at radius 3 is 2.82 bits per heavy atom. The highest BCUT2D eigenvalue weighted by Crippen LogP contribution is 2.32. The molecule has 0 spiro atoms. The predicted octanol–water partition coefficient (Wildman–Crippen LogP) is 2.22. The highest BCUT2D eigenvalue weighted by atomic mass is 16.1. The van der Waals surface area contributed by atoms with Crippen molar-refractivity contribution >= 4 is 0 Å². The number of nitrogens with zero attached hydrogens (tertiary/aromatic N) is 2. The van der Waals surface area contributed by atoms with E-state index in [1.807, 2.05) is 10.8 Å². The van der Waals surface area contributed by atoms with Crippen molar-refractivity contribution in [1.82, 2.24) is 14.5 Å². The summed E-state index contributed by atoms with van der Waals surface area (Å²) in [5.74, 6) is 0.520. The van der Waals surface area contributed by atoms with Crippen molar-refractivity contribution in [2.45, 2.75) is 31.6 Å². The molecule has 2 aromatic heterocycles. The molecule has 0 unspecified atom stereocenters. The van der Waals surface area contributed by atoms with Crippen LogP contribution in [-0.4, -0.2) is 14.5 Å². The summed E-state index contributed by atoms with van der Waals surface area (Å²) in [6, 6.07) is 3.68. The van der Waals surface area contributed by atoms with E-state index in [9.17, 15) is 4.79 Å². The molecule has 0 amide bonds. The number of hydrogen-bond donors (Lipinski definition) is 1. The summed E-state index contributed by atoms with van der Waals surface area (Å²) in [6.07, 6.45) is 10.2. The molecule has 2 aromatic rings. The SMILES string of the molecule is O=c1cc(-n2ccnc2)cc(C2CCCC2)[nH]1. The van der Waals surface area contributed by atoms with Crippen molar-refractivity contribution in [2.75, 3.05) is 0 Å². The number of pyridine rings is 1. The maximum Gasteiger partial charge on any atom is 0.250 e. The summed E-state index contributed by atoms with van der Waals surface area (Å²) < 4.78 is 1.87. The van der Waals surface area contributed by atoms with Gasteiger partial charge in [-0.3, -0.25) is 4.79 Å². The highest BCUT2D eigenvalue weighted by Gasteiger charge is 2.18. The van der Waals surface area contributed by atoms with Gasteiger partial charge in [-0.15, -0.1) is 0 Å². The molecule has 17 heavy (non-hydrogen) atoms. The average molecular weight is 229 g/mol. The minimum atomic E-state index is -0.0295. The van der Waals surface area contributed by atoms with Gasteiger partial charge in [-0.2, -0.15) is 0 Å². The molecule has 88 valence electrons. The van der Waals surface area contributed by atoms with E-state index in [1.165, 1.54) is 25.7 Å². The second kappa shape index (κ2) is 4.20. The van der Waals surface area contributed by atoms with Gasteiger partial charge in [-0.1, -0.05) is 12.8 Å². The topological polar surface area (TPSA) is 50.7 Å². The molecule has 1 N–H and O–H groups in total. The Morgan fingerprint density at radius 1 is 1.29 bits per heavy atom. The van der Waals surface area contributed by atoms with Gasteiger partial charge in [0.05, 0.1) is 12.0 Å². The second-order valence-electron chi connectivity index (χ2n) is 4.61. The van der Waals surface area contributed by atoms with Gasteiger partial charge in [0.1, 0.15) is 0 Å². The number of H-pyrrole nitrogens is 1. The predicted molar refractivity (Wildman–Crippen MR) is 65.4 cm³/mol. The number of aromatic amines is 1. The fourth-order valence-corrected chi connectivity index (χ4v) is 2.57. The smallest absolute Gasteiger partial charge is 0.250 e. The van der Waals surface area contributed by atoms with Gasteiger partial charge in [-0.25, -0.2) is 4.98 Å². The number of imidazole rings is 1. The summed E-state index contributed by atoms with van der Waals surface area (Å²) in [5.41, 5.74) is 1.94. The maximum atomic E-state index is 11.7. The third-order valence-corrected chi connectivity index (χ3v) is 3.45. The van der Waals surface area contributed by atoms with Gasteiger partial charge in [0.25, 0.3) is 0 Å². The first-order valence-electron chi connectivity index (χ1n) is 6.05. The van der Waals surface area contributed by atoms with E-state index >= 15 is 0 Å². The molecule has 0 bridgehead atoms. The maximum absolute atomic E-state index is 11.7. The molecule has 1 aliphatic carbocycles. The molecular formula is C13H15N3O. The summed E-state index contributed by atoms with van der Waals surface area (Å²) >= 11 is 0. The minimum Gasteiger partial charge on any atom is -0.326 e. The van der Waals surface area contributed by atoms with Crippen LogP contribution in [0.15, 0.2) is 35.6 Å². The van der Waals surface area contributed by atoms with Crippen LogP contribution in [0.25, 0.3) is 5.69 Å². The molecule has 2 heterocycles. The van der Waals surface area contributed by atoms with Gasteiger partial charge in [0.15, 0.2) is 0 Å². The molecule has 4 heteroatoms. The quantitative estimate of drug-likeness (QED) is 0.858. The van der Waals surface area contributed by atoms with E-state index in [0.717, 1.165) is 11.4 Å². The molecule has 1 fully saturated rings. The zero-order chi connectivity index (χ0) is 11.7. The molecule has 0 aromatic carbocycles. The van der Waals surface area contributed by atoms with Gasteiger partial charge >= 0.3 is 0 Å². The molecule has 0 saturated heterocycles. The van der Waals surface area contributed by atoms with Crippen LogP contribution < -0.4 is 5.56 Å². The third kappa shape index (κ3) is 2.02. The average Bonchev–Trinajstić information content (AvgIpc) is 3.02. The lowest BCUT2D eigenvalue weighted by Crippen LogP contribution is -2.12. The van der Waals surface area contributed by atoms with Crippen LogP contribution in [0.1, 0.15) is 37.3 Å². The molecular weight excluding hydrogens is 214 g/mol. The fourth-order valence-electron chi connectivity index (χ4n) is 2.57. The monoisotopic (exact) mass is 229 g/mol. The lowest BCUT2D eigenvalue weighted by Gasteiger charge is -2.11. The Bertz CT molecular complexity index is 550. The Balaban J connectivity index is 2.03. The zero-order valence-corrected chi connectivity index (χ0v) is 9.60. The van der Waals surface area contributed by atoms with Crippen LogP contribution in [0.4, 0.5) is 0 Å². The van der Waals surface area contributed by atoms with Crippen LogP contribution >= 0.6 is 0 Å². The Morgan fingerprint density at radius 2 is 2.12 bits per heavy atom. The van der Waals surface area contributed by atoms with Crippen molar-refractivity contribution < 1.29 is 0 Å². The summed E-state index contributed by atoms with van der Waals surface area (Å²) in [4.78, 5) is 18.6. The van der Waals surface area contributed by atoms with Crippen molar-refractivity contribution in [2.24, 2.45) is 0 Å². The molecule has 4 nitrogen and oxygen atoms in total. The molecule has 3 rings (SSSR count). The van der Waals surface area contributed by atoms with E-state index in [4.69, 9.17) is 0 Å². The third-order valence-electron chi connectivity index (χ3n) is 3.45. The highest BCUT2D eigenvalue weighted by molar-refractivity contribution is 5.33. The largest absolute Gasteiger partial charge is 0.326 e. The molecule has 1 saturated carbocycles. The van der Waals surface area contributed by atoms with Crippen LogP contribution in [0.3, 0.4) is 0 Å². The van der Waals surface area contributed by atoms with Crippen LogP contribution in [0.5, 0.6) is 0 Å². The van der Waals surface area contributed by atoms with Crippen molar-refractivity contribution in [3.05, 3.63) is 46.9 Å². The summed E-state index contributed by atoms with van der Waals surface area (Å²) in [5, 5.41) is 0. The Labute approximate surface area is 99.3 Å². The van der Waals surface area contributed by atoms with Crippen LogP contribution in [0.2, 0.25) is 0 Å². The normalized spacial score (nSPS) is 16.5. The van der Waals surface area contributed by atoms with Crippen LogP contribution in [0, 0.1) is 0 Å². The van der Waals surface area contributed by atoms with Crippen molar-refractivity contribution in [1.29, 1.82) is 0 Å². The van der Waals surface area contributed by atoms with Gasteiger partial charge in [-0.05, 0) is 24.8 Å². The number of rotatable bonds is 2. The number of hydrogen-bond acceptors (Lipinski definition) is 2. The fraction of sp³-hybridized carbons (Fsp3) is 0.385. The second-order valence-corrected chi connectivity index (χ2v) is 4.61. The summed E-state index contributed by atoms with van der Waals surface area (Å²) in [7, 11) is 0. The van der Waals surface area contributed by atoms with E-state index in [2.05, 4.69) is 16.0 Å². The first-order chi connectivity index (χ1) is 8.33. The Kier molecular flexibility index (Phi) is 2.55. The van der Waals surface area contributed by atoms with Gasteiger partial charge in [0, 0.05) is 24.2 Å². The summed E-state index contributed by atoms with van der Waals surface area (Å²) in [6.45, 7) is 0. The van der Waals surface area contributed by atoms with Gasteiger partial charge < -0.3 is 9.55 Å². The number of aromatic nitrogens is 3. The number of nitrogens with one attached hydrogen (secondary N) is 1. The standard InChI is InChI=1S/C13H15N3O/c17-13-8-11(16-6-5-14-9-16)7-12(15-13)10-3-1-2-4-10/h5-10H,1-4H2,(H,15,17). The minimum absolute atomic E-state index is 0.0295. The lowest BCUT2D eigenvalue weighted by atomic mass is 10.0. The van der Waals surface area contributed by atoms with E-state index in [0.29, 0.717) is 5.92 Å². The first kappa shape index (κ1) is 10.3. The van der Waals surface area contributed by atoms with E-state index in [1.54, 1.807) is 18.6 Å². The zero-order valence-electron chi connectivity index (χ0n) is 9.60. The van der Waals surface area contributed by atoms with Crippen molar-refractivity contribution in [3.63, 3.8) is 0 Å². The van der Waals surface area contributed by atoms with Gasteiger partial charge in [0.2, 0.25) is 5.56 Å². The lowest BCUT2D eigenvalue weighted by molar-refractivity contribution is 0.693. The molecule has 0 aliphatic heterocycles. The van der Waals surface area contributed by atoms with E-state index in [-0.39, 0.29) is 5.56 Å². The molecule has 0 atom stereocenters.